The SMILES string of the molecule is CCc1cc2c(NCCCCC(C)C)nc(NC)nc2s1. The first-order valence-corrected chi connectivity index (χ1v) is 8.67. The van der Waals surface area contributed by atoms with Gasteiger partial charge >= 0.3 is 0 Å². The second-order valence-electron chi connectivity index (χ2n) is 5.75. The Balaban J connectivity index is 2.08. The van der Waals surface area contributed by atoms with Crippen LogP contribution >= 0.6 is 11.3 Å². The van der Waals surface area contributed by atoms with Crippen molar-refractivity contribution in [3.05, 3.63) is 10.9 Å². The molecular formula is C16H26N4S. The fourth-order valence-electron chi connectivity index (χ4n) is 2.28. The van der Waals surface area contributed by atoms with E-state index < -0.39 is 0 Å². The molecule has 0 fully saturated rings. The smallest absolute Gasteiger partial charge is 0.225 e. The Morgan fingerprint density at radius 3 is 2.71 bits per heavy atom. The lowest BCUT2D eigenvalue weighted by atomic mass is 10.1. The molecule has 2 aromatic heterocycles. The maximum Gasteiger partial charge on any atom is 0.225 e. The van der Waals surface area contributed by atoms with Gasteiger partial charge in [-0.1, -0.05) is 33.6 Å². The molecule has 0 spiro atoms. The van der Waals surface area contributed by atoms with Gasteiger partial charge in [0.1, 0.15) is 10.6 Å². The Morgan fingerprint density at radius 1 is 1.24 bits per heavy atom. The van der Waals surface area contributed by atoms with Crippen LogP contribution in [0.3, 0.4) is 0 Å². The second kappa shape index (κ2) is 7.59. The van der Waals surface area contributed by atoms with Gasteiger partial charge in [0.05, 0.1) is 5.39 Å². The van der Waals surface area contributed by atoms with Gasteiger partial charge in [0.15, 0.2) is 0 Å². The van der Waals surface area contributed by atoms with Crippen molar-refractivity contribution < 1.29 is 0 Å². The average Bonchev–Trinajstić information content (AvgIpc) is 2.89. The number of nitrogens with zero attached hydrogens (tertiary/aromatic N) is 2. The van der Waals surface area contributed by atoms with Gasteiger partial charge in [-0.05, 0) is 24.8 Å². The Kier molecular flexibility index (Phi) is 5.79. The van der Waals surface area contributed by atoms with Crippen molar-refractivity contribution in [1.82, 2.24) is 9.97 Å². The van der Waals surface area contributed by atoms with Crippen LogP contribution in [0.2, 0.25) is 0 Å². The van der Waals surface area contributed by atoms with Crippen LogP contribution in [0.4, 0.5) is 11.8 Å². The van der Waals surface area contributed by atoms with E-state index in [0.717, 1.165) is 34.9 Å². The number of hydrogen-bond acceptors (Lipinski definition) is 5. The largest absolute Gasteiger partial charge is 0.369 e. The summed E-state index contributed by atoms with van der Waals surface area (Å²) in [4.78, 5) is 11.5. The predicted molar refractivity (Wildman–Crippen MR) is 93.5 cm³/mol. The molecule has 0 unspecified atom stereocenters. The van der Waals surface area contributed by atoms with Gasteiger partial charge < -0.3 is 10.6 Å². The molecule has 0 aliphatic rings. The molecule has 0 aliphatic carbocycles. The molecule has 2 rings (SSSR count). The maximum absolute atomic E-state index is 4.57. The lowest BCUT2D eigenvalue weighted by Crippen LogP contribution is -2.06. The molecule has 0 atom stereocenters. The molecule has 0 amide bonds. The van der Waals surface area contributed by atoms with E-state index in [-0.39, 0.29) is 0 Å². The van der Waals surface area contributed by atoms with Crippen molar-refractivity contribution in [2.75, 3.05) is 24.2 Å². The number of hydrogen-bond donors (Lipinski definition) is 2. The van der Waals surface area contributed by atoms with E-state index >= 15 is 0 Å². The minimum Gasteiger partial charge on any atom is -0.369 e. The van der Waals surface area contributed by atoms with Crippen molar-refractivity contribution in [3.8, 4) is 0 Å². The Hall–Kier alpha value is -1.36. The molecule has 0 saturated carbocycles. The predicted octanol–water partition coefficient (Wildman–Crippen LogP) is 4.53. The molecule has 116 valence electrons. The normalized spacial score (nSPS) is 11.3. The number of rotatable bonds is 8. The topological polar surface area (TPSA) is 49.8 Å². The van der Waals surface area contributed by atoms with Crippen LogP contribution in [0.5, 0.6) is 0 Å². The summed E-state index contributed by atoms with van der Waals surface area (Å²) < 4.78 is 0. The summed E-state index contributed by atoms with van der Waals surface area (Å²) in [5.74, 6) is 2.44. The molecule has 4 nitrogen and oxygen atoms in total. The molecule has 0 saturated heterocycles. The van der Waals surface area contributed by atoms with Crippen molar-refractivity contribution in [1.29, 1.82) is 0 Å². The fourth-order valence-corrected chi connectivity index (χ4v) is 3.24. The molecular weight excluding hydrogens is 280 g/mol. The summed E-state index contributed by atoms with van der Waals surface area (Å²) in [7, 11) is 1.86. The highest BCUT2D eigenvalue weighted by Gasteiger charge is 2.10. The maximum atomic E-state index is 4.57. The monoisotopic (exact) mass is 306 g/mol. The third-order valence-corrected chi connectivity index (χ3v) is 4.69. The van der Waals surface area contributed by atoms with Gasteiger partial charge in [-0.25, -0.2) is 4.98 Å². The Labute approximate surface area is 131 Å². The van der Waals surface area contributed by atoms with Gasteiger partial charge in [-0.15, -0.1) is 11.3 Å². The summed E-state index contributed by atoms with van der Waals surface area (Å²) in [5, 5.41) is 7.69. The third kappa shape index (κ3) is 4.30. The van der Waals surface area contributed by atoms with Gasteiger partial charge in [-0.3, -0.25) is 0 Å². The van der Waals surface area contributed by atoms with Crippen LogP contribution in [0.1, 0.15) is 44.9 Å². The molecule has 0 bridgehead atoms. The summed E-state index contributed by atoms with van der Waals surface area (Å²) in [6.07, 6.45) is 4.79. The summed E-state index contributed by atoms with van der Waals surface area (Å²) in [6, 6.07) is 2.22. The number of unbranched alkanes of at least 4 members (excludes halogenated alkanes) is 1. The van der Waals surface area contributed by atoms with Crippen LogP contribution < -0.4 is 10.6 Å². The zero-order chi connectivity index (χ0) is 15.2. The van der Waals surface area contributed by atoms with Crippen LogP contribution in [-0.2, 0) is 6.42 Å². The first-order chi connectivity index (χ1) is 10.1. The molecule has 21 heavy (non-hydrogen) atoms. The van der Waals surface area contributed by atoms with Crippen molar-refractivity contribution in [2.45, 2.75) is 46.5 Å². The summed E-state index contributed by atoms with van der Waals surface area (Å²) >= 11 is 1.76. The van der Waals surface area contributed by atoms with Crippen molar-refractivity contribution >= 4 is 33.3 Å². The minimum atomic E-state index is 0.691. The molecule has 2 N–H and O–H groups in total. The van der Waals surface area contributed by atoms with Crippen LogP contribution in [0, 0.1) is 5.92 Å². The highest BCUT2D eigenvalue weighted by atomic mass is 32.1. The lowest BCUT2D eigenvalue weighted by molar-refractivity contribution is 0.544. The number of fused-ring (bicyclic) bond motifs is 1. The van der Waals surface area contributed by atoms with E-state index in [1.165, 1.54) is 24.1 Å². The van der Waals surface area contributed by atoms with Gasteiger partial charge in [0, 0.05) is 18.5 Å². The molecule has 5 heteroatoms. The van der Waals surface area contributed by atoms with Gasteiger partial charge in [-0.2, -0.15) is 4.98 Å². The fraction of sp³-hybridized carbons (Fsp3) is 0.625. The number of thiophene rings is 1. The first kappa shape index (κ1) is 16.0. The number of aryl methyl sites for hydroxylation is 1. The second-order valence-corrected chi connectivity index (χ2v) is 6.86. The lowest BCUT2D eigenvalue weighted by Gasteiger charge is -2.09. The number of nitrogens with one attached hydrogen (secondary N) is 2. The first-order valence-electron chi connectivity index (χ1n) is 7.86. The van der Waals surface area contributed by atoms with Crippen molar-refractivity contribution in [2.24, 2.45) is 5.92 Å². The van der Waals surface area contributed by atoms with Crippen LogP contribution in [0.15, 0.2) is 6.07 Å². The molecule has 2 heterocycles. The van der Waals surface area contributed by atoms with E-state index in [0.29, 0.717) is 5.95 Å². The van der Waals surface area contributed by atoms with Gasteiger partial charge in [0.25, 0.3) is 0 Å². The highest BCUT2D eigenvalue weighted by Crippen LogP contribution is 2.30. The Bertz CT molecular complexity index is 577. The number of anilines is 2. The van der Waals surface area contributed by atoms with Crippen LogP contribution in [0.25, 0.3) is 10.2 Å². The van der Waals surface area contributed by atoms with Gasteiger partial charge in [0.2, 0.25) is 5.95 Å². The molecule has 0 radical (unpaired) electrons. The van der Waals surface area contributed by atoms with Crippen LogP contribution in [-0.4, -0.2) is 23.6 Å². The zero-order valence-corrected chi connectivity index (χ0v) is 14.3. The standard InChI is InChI=1S/C16H26N4S/c1-5-12-10-13-14(18-9-7-6-8-11(2)3)19-16(17-4)20-15(13)21-12/h10-11H,5-9H2,1-4H3,(H2,17,18,19,20). The molecule has 0 aliphatic heterocycles. The molecule has 2 aromatic rings. The number of aromatic nitrogens is 2. The van der Waals surface area contributed by atoms with E-state index in [2.05, 4.69) is 47.4 Å². The average molecular weight is 306 g/mol. The van der Waals surface area contributed by atoms with E-state index in [9.17, 15) is 0 Å². The minimum absolute atomic E-state index is 0.691. The van der Waals surface area contributed by atoms with Crippen molar-refractivity contribution in [3.63, 3.8) is 0 Å². The van der Waals surface area contributed by atoms with E-state index in [1.807, 2.05) is 7.05 Å². The zero-order valence-electron chi connectivity index (χ0n) is 13.5. The van der Waals surface area contributed by atoms with E-state index in [4.69, 9.17) is 0 Å². The molecule has 0 aromatic carbocycles. The third-order valence-electron chi connectivity index (χ3n) is 3.52. The summed E-state index contributed by atoms with van der Waals surface area (Å²) in [6.45, 7) is 7.70. The summed E-state index contributed by atoms with van der Waals surface area (Å²) in [5.41, 5.74) is 0. The highest BCUT2D eigenvalue weighted by molar-refractivity contribution is 7.18. The quantitative estimate of drug-likeness (QED) is 0.703. The Morgan fingerprint density at radius 2 is 2.05 bits per heavy atom. The van der Waals surface area contributed by atoms with E-state index in [1.54, 1.807) is 11.3 Å².